The van der Waals surface area contributed by atoms with Crippen LogP contribution < -0.4 is 14.8 Å². The third-order valence-electron chi connectivity index (χ3n) is 4.30. The minimum atomic E-state index is -1.19. The molecule has 0 saturated carbocycles. The van der Waals surface area contributed by atoms with Crippen LogP contribution in [0.4, 0.5) is 11.4 Å². The molecule has 0 spiro atoms. The van der Waals surface area contributed by atoms with Gasteiger partial charge in [0.05, 0.1) is 24.7 Å². The second-order valence-electron chi connectivity index (χ2n) is 6.57. The molecule has 1 N–H and O–H groups in total. The topological polar surface area (TPSA) is 117 Å². The predicted molar refractivity (Wildman–Crippen MR) is 110 cm³/mol. The number of benzene rings is 2. The van der Waals surface area contributed by atoms with Crippen LogP contribution in [0.5, 0.6) is 11.5 Å². The van der Waals surface area contributed by atoms with E-state index >= 15 is 0 Å². The quantitative estimate of drug-likeness (QED) is 0.395. The van der Waals surface area contributed by atoms with Crippen molar-refractivity contribution in [2.24, 2.45) is 0 Å². The number of ether oxygens (including phenoxy) is 3. The van der Waals surface area contributed by atoms with Gasteiger partial charge in [-0.25, -0.2) is 4.79 Å². The van der Waals surface area contributed by atoms with E-state index in [0.717, 1.165) is 17.2 Å². The van der Waals surface area contributed by atoms with Crippen molar-refractivity contribution >= 4 is 23.3 Å². The van der Waals surface area contributed by atoms with Gasteiger partial charge in [0.1, 0.15) is 5.56 Å². The highest BCUT2D eigenvalue weighted by atomic mass is 16.6. The number of nitro groups is 1. The molecule has 30 heavy (non-hydrogen) atoms. The van der Waals surface area contributed by atoms with Crippen LogP contribution in [0.25, 0.3) is 0 Å². The molecular weight excluding hydrogens is 392 g/mol. The third kappa shape index (κ3) is 5.25. The molecule has 0 radical (unpaired) electrons. The van der Waals surface area contributed by atoms with Gasteiger partial charge in [0.25, 0.3) is 11.6 Å². The van der Waals surface area contributed by atoms with E-state index in [4.69, 9.17) is 14.2 Å². The number of amides is 1. The molecule has 2 aromatic rings. The molecule has 0 bridgehead atoms. The lowest BCUT2D eigenvalue weighted by atomic mass is 10.1. The van der Waals surface area contributed by atoms with Crippen molar-refractivity contribution in [3.8, 4) is 11.5 Å². The summed E-state index contributed by atoms with van der Waals surface area (Å²) in [7, 11) is 1.33. The Labute approximate surface area is 174 Å². The van der Waals surface area contributed by atoms with E-state index in [-0.39, 0.29) is 23.7 Å². The fraction of sp³-hybridized carbons (Fsp3) is 0.333. The van der Waals surface area contributed by atoms with Gasteiger partial charge in [-0.05, 0) is 44.9 Å². The zero-order valence-electron chi connectivity index (χ0n) is 17.5. The molecule has 9 nitrogen and oxygen atoms in total. The van der Waals surface area contributed by atoms with Gasteiger partial charge in [0.15, 0.2) is 17.6 Å². The maximum Gasteiger partial charge on any atom is 0.346 e. The molecule has 0 aliphatic rings. The van der Waals surface area contributed by atoms with E-state index in [1.807, 2.05) is 26.0 Å². The van der Waals surface area contributed by atoms with Crippen molar-refractivity contribution in [3.05, 3.63) is 57.1 Å². The summed E-state index contributed by atoms with van der Waals surface area (Å²) < 4.78 is 15.6. The summed E-state index contributed by atoms with van der Waals surface area (Å²) in [5.41, 5.74) is 1.55. The van der Waals surface area contributed by atoms with Gasteiger partial charge in [0, 0.05) is 11.8 Å². The van der Waals surface area contributed by atoms with Gasteiger partial charge >= 0.3 is 5.97 Å². The van der Waals surface area contributed by atoms with Crippen LogP contribution in [-0.2, 0) is 9.53 Å². The minimum Gasteiger partial charge on any atom is -0.493 e. The number of anilines is 1. The van der Waals surface area contributed by atoms with Crippen LogP contribution in [0.1, 0.15) is 35.3 Å². The smallest absolute Gasteiger partial charge is 0.346 e. The number of nitrogens with zero attached hydrogens (tertiary/aromatic N) is 1. The summed E-state index contributed by atoms with van der Waals surface area (Å²) in [6.07, 6.45) is -1.19. The second-order valence-corrected chi connectivity index (χ2v) is 6.57. The molecule has 0 aliphatic carbocycles. The van der Waals surface area contributed by atoms with Crippen molar-refractivity contribution in [2.45, 2.75) is 33.8 Å². The molecule has 0 saturated heterocycles. The first-order chi connectivity index (χ1) is 14.2. The number of rotatable bonds is 8. The average molecular weight is 416 g/mol. The highest BCUT2D eigenvalue weighted by Gasteiger charge is 2.28. The molecule has 2 aromatic carbocycles. The number of carbonyl (C=O) groups is 2. The Morgan fingerprint density at radius 2 is 1.87 bits per heavy atom. The number of nitro benzene ring substituents is 1. The summed E-state index contributed by atoms with van der Waals surface area (Å²) in [6.45, 7) is 7.09. The summed E-state index contributed by atoms with van der Waals surface area (Å²) in [5, 5.41) is 14.1. The van der Waals surface area contributed by atoms with Gasteiger partial charge in [-0.3, -0.25) is 14.9 Å². The number of esters is 1. The van der Waals surface area contributed by atoms with Crippen LogP contribution in [-0.4, -0.2) is 36.6 Å². The first kappa shape index (κ1) is 22.7. The van der Waals surface area contributed by atoms with Crippen LogP contribution >= 0.6 is 0 Å². The first-order valence-corrected chi connectivity index (χ1v) is 9.26. The monoisotopic (exact) mass is 416 g/mol. The summed E-state index contributed by atoms with van der Waals surface area (Å²) in [5.74, 6) is -1.31. The number of nitrogens with one attached hydrogen (secondary N) is 1. The Balaban J connectivity index is 2.25. The van der Waals surface area contributed by atoms with E-state index in [0.29, 0.717) is 5.69 Å². The van der Waals surface area contributed by atoms with Gasteiger partial charge in [-0.1, -0.05) is 12.1 Å². The summed E-state index contributed by atoms with van der Waals surface area (Å²) >= 11 is 0. The Hall–Kier alpha value is -3.62. The zero-order chi connectivity index (χ0) is 22.4. The first-order valence-electron chi connectivity index (χ1n) is 9.26. The number of methoxy groups -OCH3 is 1. The van der Waals surface area contributed by atoms with E-state index < -0.39 is 28.6 Å². The molecule has 160 valence electrons. The molecule has 2 rings (SSSR count). The Kier molecular flexibility index (Phi) is 7.35. The summed E-state index contributed by atoms with van der Waals surface area (Å²) in [6, 6.07) is 7.83. The molecule has 1 atom stereocenters. The fourth-order valence-corrected chi connectivity index (χ4v) is 2.67. The van der Waals surface area contributed by atoms with Crippen LogP contribution in [0.3, 0.4) is 0 Å². The normalized spacial score (nSPS) is 11.4. The van der Waals surface area contributed by atoms with Gasteiger partial charge in [-0.15, -0.1) is 0 Å². The third-order valence-corrected chi connectivity index (χ3v) is 4.30. The fourth-order valence-electron chi connectivity index (χ4n) is 2.67. The lowest BCUT2D eigenvalue weighted by molar-refractivity contribution is -0.385. The van der Waals surface area contributed by atoms with Crippen molar-refractivity contribution in [3.63, 3.8) is 0 Å². The van der Waals surface area contributed by atoms with E-state index in [1.54, 1.807) is 13.0 Å². The van der Waals surface area contributed by atoms with E-state index in [2.05, 4.69) is 5.32 Å². The largest absolute Gasteiger partial charge is 0.493 e. The van der Waals surface area contributed by atoms with Crippen molar-refractivity contribution in [1.29, 1.82) is 0 Å². The van der Waals surface area contributed by atoms with Crippen LogP contribution in [0.2, 0.25) is 0 Å². The lowest BCUT2D eigenvalue weighted by Gasteiger charge is -2.16. The Morgan fingerprint density at radius 3 is 2.47 bits per heavy atom. The number of carbonyl (C=O) groups excluding carboxylic acids is 2. The van der Waals surface area contributed by atoms with Gasteiger partial charge in [0.2, 0.25) is 0 Å². The standard InChI is InChI=1S/C21H24N2O7/c1-6-29-19-10-15(17(23(26)27)11-18(19)28-5)21(25)30-14(4)20(24)22-16-9-12(2)7-8-13(16)3/h7-11,14H,6H2,1-5H3,(H,22,24). The molecule has 0 heterocycles. The number of aryl methyl sites for hydroxylation is 2. The maximum absolute atomic E-state index is 12.6. The van der Waals surface area contributed by atoms with Crippen molar-refractivity contribution < 1.29 is 28.7 Å². The SMILES string of the molecule is CCOc1cc(C(=O)OC(C)C(=O)Nc2cc(C)ccc2C)c([N+](=O)[O-])cc1OC. The lowest BCUT2D eigenvalue weighted by Crippen LogP contribution is -2.30. The molecule has 1 unspecified atom stereocenters. The molecule has 0 fully saturated rings. The molecule has 9 heteroatoms. The minimum absolute atomic E-state index is 0.112. The molecule has 0 aliphatic heterocycles. The zero-order valence-corrected chi connectivity index (χ0v) is 17.5. The number of hydrogen-bond donors (Lipinski definition) is 1. The Bertz CT molecular complexity index is 972. The molecule has 1 amide bonds. The Morgan fingerprint density at radius 1 is 1.17 bits per heavy atom. The van der Waals surface area contributed by atoms with Gasteiger partial charge < -0.3 is 19.5 Å². The van der Waals surface area contributed by atoms with Crippen LogP contribution in [0, 0.1) is 24.0 Å². The summed E-state index contributed by atoms with van der Waals surface area (Å²) in [4.78, 5) is 35.8. The van der Waals surface area contributed by atoms with Crippen molar-refractivity contribution in [2.75, 3.05) is 19.0 Å². The predicted octanol–water partition coefficient (Wildman–Crippen LogP) is 3.80. The van der Waals surface area contributed by atoms with Crippen molar-refractivity contribution in [1.82, 2.24) is 0 Å². The second kappa shape index (κ2) is 9.73. The maximum atomic E-state index is 12.6. The highest BCUT2D eigenvalue weighted by Crippen LogP contribution is 2.35. The van der Waals surface area contributed by atoms with Gasteiger partial charge in [-0.2, -0.15) is 0 Å². The van der Waals surface area contributed by atoms with E-state index in [9.17, 15) is 19.7 Å². The van der Waals surface area contributed by atoms with Crippen LogP contribution in [0.15, 0.2) is 30.3 Å². The highest BCUT2D eigenvalue weighted by molar-refractivity contribution is 5.99. The molecule has 0 aromatic heterocycles. The molecular formula is C21H24N2O7. The average Bonchev–Trinajstić information content (AvgIpc) is 2.70. The number of hydrogen-bond acceptors (Lipinski definition) is 7. The van der Waals surface area contributed by atoms with E-state index in [1.165, 1.54) is 20.1 Å².